The Morgan fingerprint density at radius 3 is 2.61 bits per heavy atom. The van der Waals surface area contributed by atoms with Crippen molar-refractivity contribution in [3.63, 3.8) is 0 Å². The zero-order valence-corrected chi connectivity index (χ0v) is 20.2. The van der Waals surface area contributed by atoms with Crippen LogP contribution in [0.3, 0.4) is 0 Å². The van der Waals surface area contributed by atoms with Crippen LogP contribution in [0.25, 0.3) is 0 Å². The first kappa shape index (κ1) is 22.4. The van der Waals surface area contributed by atoms with Gasteiger partial charge in [0.25, 0.3) is 5.91 Å². The van der Waals surface area contributed by atoms with Crippen molar-refractivity contribution in [3.8, 4) is 11.5 Å². The van der Waals surface area contributed by atoms with E-state index in [2.05, 4.69) is 5.32 Å². The topological polar surface area (TPSA) is 92.6 Å². The summed E-state index contributed by atoms with van der Waals surface area (Å²) in [5.74, 6) is 1.41. The fraction of sp³-hybridized carbons (Fsp3) is 0.185. The van der Waals surface area contributed by atoms with E-state index in [1.165, 1.54) is 11.8 Å². The van der Waals surface area contributed by atoms with E-state index in [1.807, 2.05) is 54.6 Å². The third-order valence-corrected chi connectivity index (χ3v) is 7.10. The molecular weight excluding hydrogens is 476 g/mol. The number of hydrogen-bond acceptors (Lipinski definition) is 7. The van der Waals surface area contributed by atoms with Gasteiger partial charge in [0, 0.05) is 17.3 Å². The highest BCUT2D eigenvalue weighted by molar-refractivity contribution is 8.15. The summed E-state index contributed by atoms with van der Waals surface area (Å²) < 4.78 is 11.2. The Labute approximate surface area is 212 Å². The Balaban J connectivity index is 1.25. The Morgan fingerprint density at radius 1 is 1.03 bits per heavy atom. The number of aliphatic imine (C=N–C) groups is 2. The van der Waals surface area contributed by atoms with Crippen LogP contribution >= 0.6 is 11.8 Å². The first-order chi connectivity index (χ1) is 17.6. The number of anilines is 1. The third-order valence-electron chi connectivity index (χ3n) is 6.05. The fourth-order valence-electron chi connectivity index (χ4n) is 4.26. The number of carbonyl (C=O) groups excluding carboxylic acids is 2. The monoisotopic (exact) mass is 498 g/mol. The van der Waals surface area contributed by atoms with E-state index in [-0.39, 0.29) is 11.8 Å². The molecule has 2 amide bonds. The average Bonchev–Trinajstić information content (AvgIpc) is 3.27. The molecule has 2 atom stereocenters. The highest BCUT2D eigenvalue weighted by Crippen LogP contribution is 2.38. The Morgan fingerprint density at radius 2 is 1.78 bits per heavy atom. The molecule has 1 N–H and O–H groups in total. The van der Waals surface area contributed by atoms with Gasteiger partial charge in [-0.15, -0.1) is 0 Å². The van der Waals surface area contributed by atoms with Crippen LogP contribution in [0.1, 0.15) is 24.1 Å². The lowest BCUT2D eigenvalue weighted by molar-refractivity contribution is -0.124. The molecule has 3 aromatic rings. The summed E-state index contributed by atoms with van der Waals surface area (Å²) in [7, 11) is 0. The van der Waals surface area contributed by atoms with Crippen LogP contribution < -0.4 is 14.8 Å². The number of ether oxygens (including phenoxy) is 2. The van der Waals surface area contributed by atoms with Gasteiger partial charge < -0.3 is 14.8 Å². The van der Waals surface area contributed by atoms with Gasteiger partial charge in [0.2, 0.25) is 5.91 Å². The molecule has 3 aliphatic heterocycles. The molecule has 0 fully saturated rings. The lowest BCUT2D eigenvalue weighted by Gasteiger charge is -2.27. The van der Waals surface area contributed by atoms with Gasteiger partial charge >= 0.3 is 0 Å². The summed E-state index contributed by atoms with van der Waals surface area (Å²) in [6.07, 6.45) is 0. The molecule has 9 heteroatoms. The quantitative estimate of drug-likeness (QED) is 0.570. The van der Waals surface area contributed by atoms with Crippen molar-refractivity contribution in [3.05, 3.63) is 83.9 Å². The molecule has 180 valence electrons. The summed E-state index contributed by atoms with van der Waals surface area (Å²) in [4.78, 5) is 37.7. The maximum absolute atomic E-state index is 13.5. The molecule has 0 saturated carbocycles. The predicted molar refractivity (Wildman–Crippen MR) is 139 cm³/mol. The third kappa shape index (κ3) is 4.01. The number of fused-ring (bicyclic) bond motifs is 4. The molecular formula is C27H22N4O4S. The summed E-state index contributed by atoms with van der Waals surface area (Å²) in [6, 6.07) is 21.7. The molecule has 6 rings (SSSR count). The summed E-state index contributed by atoms with van der Waals surface area (Å²) in [5.41, 5.74) is 2.94. The van der Waals surface area contributed by atoms with E-state index in [4.69, 9.17) is 19.5 Å². The molecule has 0 aliphatic carbocycles. The largest absolute Gasteiger partial charge is 0.486 e. The predicted octanol–water partition coefficient (Wildman–Crippen LogP) is 4.55. The van der Waals surface area contributed by atoms with Gasteiger partial charge in [0.15, 0.2) is 22.7 Å². The molecule has 0 bridgehead atoms. The summed E-state index contributed by atoms with van der Waals surface area (Å²) in [6.45, 7) is 2.76. The number of hydrogen-bond donors (Lipinski definition) is 1. The van der Waals surface area contributed by atoms with E-state index < -0.39 is 11.3 Å². The normalized spacial score (nSPS) is 18.5. The van der Waals surface area contributed by atoms with Crippen molar-refractivity contribution in [2.75, 3.05) is 18.5 Å². The smallest absolute Gasteiger partial charge is 0.263 e. The SMILES string of the molecule is CC(SC1=Nc2ccccc2C2=NC(c3ccccc3)C(=O)N12)C(=O)Nc1ccc2c(c1)OCCO2. The molecule has 0 radical (unpaired) electrons. The number of amidine groups is 2. The number of amides is 2. The lowest BCUT2D eigenvalue weighted by atomic mass is 10.1. The van der Waals surface area contributed by atoms with E-state index in [0.29, 0.717) is 41.4 Å². The number of thioether (sulfide) groups is 1. The zero-order chi connectivity index (χ0) is 24.6. The van der Waals surface area contributed by atoms with Gasteiger partial charge in [-0.1, -0.05) is 54.2 Å². The van der Waals surface area contributed by atoms with Crippen LogP contribution in [-0.4, -0.2) is 46.2 Å². The first-order valence-electron chi connectivity index (χ1n) is 11.6. The molecule has 0 spiro atoms. The second-order valence-corrected chi connectivity index (χ2v) is 9.77. The highest BCUT2D eigenvalue weighted by atomic mass is 32.2. The molecule has 3 aromatic carbocycles. The second kappa shape index (κ2) is 9.16. The summed E-state index contributed by atoms with van der Waals surface area (Å²) in [5, 5.41) is 2.82. The van der Waals surface area contributed by atoms with E-state index >= 15 is 0 Å². The zero-order valence-electron chi connectivity index (χ0n) is 19.4. The van der Waals surface area contributed by atoms with Crippen LogP contribution in [-0.2, 0) is 9.59 Å². The first-order valence-corrected chi connectivity index (χ1v) is 12.5. The number of carbonyl (C=O) groups is 2. The number of rotatable bonds is 4. The van der Waals surface area contributed by atoms with Crippen molar-refractivity contribution in [2.24, 2.45) is 9.98 Å². The molecule has 8 nitrogen and oxygen atoms in total. The van der Waals surface area contributed by atoms with Gasteiger partial charge in [-0.3, -0.25) is 9.59 Å². The standard InChI is InChI=1S/C27H22N4O4S/c1-16(25(32)28-18-11-12-21-22(15-18)35-14-13-34-21)36-27-29-20-10-6-5-9-19(20)24-30-23(26(33)31(24)27)17-7-3-2-4-8-17/h2-12,15-16,23H,13-14H2,1H3,(H,28,32). The second-order valence-electron chi connectivity index (χ2n) is 8.46. The van der Waals surface area contributed by atoms with E-state index in [9.17, 15) is 9.59 Å². The van der Waals surface area contributed by atoms with Gasteiger partial charge in [-0.25, -0.2) is 14.9 Å². The van der Waals surface area contributed by atoms with Crippen molar-refractivity contribution >= 4 is 46.0 Å². The Hall–Kier alpha value is -4.11. The maximum Gasteiger partial charge on any atom is 0.263 e. The van der Waals surface area contributed by atoms with Gasteiger partial charge in [0.05, 0.1) is 10.9 Å². The Bertz CT molecular complexity index is 1420. The molecule has 0 saturated heterocycles. The van der Waals surface area contributed by atoms with E-state index in [1.54, 1.807) is 30.0 Å². The van der Waals surface area contributed by atoms with Crippen LogP contribution in [0, 0.1) is 0 Å². The fourth-order valence-corrected chi connectivity index (χ4v) is 5.17. The molecule has 3 aliphatic rings. The van der Waals surface area contributed by atoms with Crippen LogP contribution in [0.2, 0.25) is 0 Å². The van der Waals surface area contributed by atoms with Gasteiger partial charge in [-0.2, -0.15) is 0 Å². The minimum absolute atomic E-state index is 0.184. The molecule has 0 aromatic heterocycles. The van der Waals surface area contributed by atoms with Crippen molar-refractivity contribution in [2.45, 2.75) is 18.2 Å². The Kier molecular flexibility index (Phi) is 5.69. The molecule has 2 unspecified atom stereocenters. The number of nitrogens with zero attached hydrogens (tertiary/aromatic N) is 3. The van der Waals surface area contributed by atoms with Crippen molar-refractivity contribution in [1.82, 2.24) is 4.90 Å². The molecule has 3 heterocycles. The maximum atomic E-state index is 13.5. The number of para-hydroxylation sites is 1. The van der Waals surface area contributed by atoms with Crippen LogP contribution in [0.5, 0.6) is 11.5 Å². The minimum Gasteiger partial charge on any atom is -0.486 e. The minimum atomic E-state index is -0.653. The lowest BCUT2D eigenvalue weighted by Crippen LogP contribution is -2.41. The average molecular weight is 499 g/mol. The highest BCUT2D eigenvalue weighted by Gasteiger charge is 2.42. The van der Waals surface area contributed by atoms with Crippen molar-refractivity contribution < 1.29 is 19.1 Å². The van der Waals surface area contributed by atoms with Crippen LogP contribution in [0.4, 0.5) is 11.4 Å². The van der Waals surface area contributed by atoms with Gasteiger partial charge in [0.1, 0.15) is 19.0 Å². The number of nitrogens with one attached hydrogen (secondary N) is 1. The van der Waals surface area contributed by atoms with Gasteiger partial charge in [-0.05, 0) is 36.8 Å². The van der Waals surface area contributed by atoms with Crippen molar-refractivity contribution in [1.29, 1.82) is 0 Å². The summed E-state index contributed by atoms with van der Waals surface area (Å²) >= 11 is 1.22. The van der Waals surface area contributed by atoms with E-state index in [0.717, 1.165) is 16.8 Å². The number of benzene rings is 3. The molecule has 36 heavy (non-hydrogen) atoms. The van der Waals surface area contributed by atoms with Crippen LogP contribution in [0.15, 0.2) is 82.8 Å².